The minimum atomic E-state index is -0.479. The Labute approximate surface area is 162 Å². The lowest BCUT2D eigenvalue weighted by Crippen LogP contribution is -2.40. The fraction of sp³-hybridized carbons (Fsp3) is 0.333. The summed E-state index contributed by atoms with van der Waals surface area (Å²) in [5, 5.41) is 2.65. The van der Waals surface area contributed by atoms with Gasteiger partial charge in [0, 0.05) is 28.2 Å². The number of hydrogen-bond donors (Lipinski definition) is 1. The van der Waals surface area contributed by atoms with Crippen molar-refractivity contribution in [2.24, 2.45) is 0 Å². The summed E-state index contributed by atoms with van der Waals surface area (Å²) in [7, 11) is 7.22. The lowest BCUT2D eigenvalue weighted by atomic mass is 10.1. The maximum atomic E-state index is 12.3. The summed E-state index contributed by atoms with van der Waals surface area (Å²) in [5.41, 5.74) is 0.619. The summed E-state index contributed by atoms with van der Waals surface area (Å²) >= 11 is 0. The van der Waals surface area contributed by atoms with Gasteiger partial charge in [0.1, 0.15) is 6.54 Å². The van der Waals surface area contributed by atoms with Gasteiger partial charge in [-0.25, -0.2) is 0 Å². The van der Waals surface area contributed by atoms with E-state index in [0.29, 0.717) is 28.8 Å². The van der Waals surface area contributed by atoms with Gasteiger partial charge in [-0.15, -0.1) is 0 Å². The third kappa shape index (κ3) is 3.75. The molecule has 10 nitrogen and oxygen atoms in total. The molecule has 1 aromatic carbocycles. The van der Waals surface area contributed by atoms with Crippen LogP contribution in [0.1, 0.15) is 26.5 Å². The van der Waals surface area contributed by atoms with Crippen molar-refractivity contribution in [3.8, 4) is 0 Å². The Balaban J connectivity index is 1.67. The lowest BCUT2D eigenvalue weighted by Gasteiger charge is -2.17. The highest BCUT2D eigenvalue weighted by atomic mass is 16.2. The second kappa shape index (κ2) is 7.59. The molecule has 3 amide bonds. The molecular weight excluding hydrogens is 362 g/mol. The first kappa shape index (κ1) is 19.2. The first-order valence-corrected chi connectivity index (χ1v) is 8.59. The Morgan fingerprint density at radius 1 is 0.929 bits per heavy atom. The van der Waals surface area contributed by atoms with E-state index < -0.39 is 17.7 Å². The average molecular weight is 383 g/mol. The molecule has 0 bridgehead atoms. The molecule has 1 aromatic heterocycles. The molecule has 2 aromatic rings. The summed E-state index contributed by atoms with van der Waals surface area (Å²) in [6.07, 6.45) is 0. The van der Waals surface area contributed by atoms with Crippen LogP contribution in [0.15, 0.2) is 24.3 Å². The molecule has 3 rings (SSSR count). The predicted molar refractivity (Wildman–Crippen MR) is 102 cm³/mol. The van der Waals surface area contributed by atoms with E-state index in [2.05, 4.69) is 20.3 Å². The number of anilines is 2. The van der Waals surface area contributed by atoms with Gasteiger partial charge in [0.05, 0.1) is 17.7 Å². The van der Waals surface area contributed by atoms with E-state index in [-0.39, 0.29) is 13.1 Å². The normalized spacial score (nSPS) is 12.8. The number of nitrogens with zero attached hydrogens (tertiary/aromatic N) is 6. The maximum absolute atomic E-state index is 12.3. The van der Waals surface area contributed by atoms with Crippen molar-refractivity contribution >= 4 is 29.6 Å². The molecule has 28 heavy (non-hydrogen) atoms. The van der Waals surface area contributed by atoms with Crippen molar-refractivity contribution < 1.29 is 14.4 Å². The predicted octanol–water partition coefficient (Wildman–Crippen LogP) is -0.0840. The van der Waals surface area contributed by atoms with Crippen LogP contribution in [-0.2, 0) is 11.3 Å². The van der Waals surface area contributed by atoms with Crippen LogP contribution >= 0.6 is 0 Å². The maximum Gasteiger partial charge on any atom is 0.262 e. The summed E-state index contributed by atoms with van der Waals surface area (Å²) in [5.74, 6) is -0.126. The zero-order chi connectivity index (χ0) is 20.4. The fourth-order valence-electron chi connectivity index (χ4n) is 2.63. The summed E-state index contributed by atoms with van der Waals surface area (Å²) in [4.78, 5) is 54.3. The molecule has 2 heterocycles. The number of amides is 3. The van der Waals surface area contributed by atoms with E-state index in [1.807, 2.05) is 0 Å². The Kier molecular flexibility index (Phi) is 5.21. The Morgan fingerprint density at radius 3 is 1.89 bits per heavy atom. The molecule has 0 fully saturated rings. The van der Waals surface area contributed by atoms with Gasteiger partial charge in [-0.05, 0) is 12.1 Å². The van der Waals surface area contributed by atoms with Gasteiger partial charge < -0.3 is 15.1 Å². The molecule has 0 unspecified atom stereocenters. The summed E-state index contributed by atoms with van der Waals surface area (Å²) in [6.45, 7) is -0.315. The third-order valence-electron chi connectivity index (χ3n) is 4.08. The molecule has 1 aliphatic rings. The zero-order valence-electron chi connectivity index (χ0n) is 16.1. The van der Waals surface area contributed by atoms with Gasteiger partial charge >= 0.3 is 0 Å². The standard InChI is InChI=1S/C18H21N7O3/c1-23(2)17-20-13(21-18(22-17)24(3)4)9-19-14(26)10-25-15(27)11-7-5-6-8-12(11)16(25)28/h5-8H,9-10H2,1-4H3,(H,19,26). The van der Waals surface area contributed by atoms with Crippen molar-refractivity contribution in [3.63, 3.8) is 0 Å². The van der Waals surface area contributed by atoms with Crippen LogP contribution in [-0.4, -0.2) is 72.3 Å². The average Bonchev–Trinajstić information content (AvgIpc) is 2.91. The van der Waals surface area contributed by atoms with Crippen molar-refractivity contribution in [2.45, 2.75) is 6.54 Å². The van der Waals surface area contributed by atoms with E-state index in [9.17, 15) is 14.4 Å². The minimum Gasteiger partial charge on any atom is -0.347 e. The third-order valence-corrected chi connectivity index (χ3v) is 4.08. The van der Waals surface area contributed by atoms with Crippen LogP contribution < -0.4 is 15.1 Å². The van der Waals surface area contributed by atoms with Crippen molar-refractivity contribution in [3.05, 3.63) is 41.2 Å². The van der Waals surface area contributed by atoms with E-state index in [4.69, 9.17) is 0 Å². The molecule has 0 aliphatic carbocycles. The molecule has 10 heteroatoms. The molecule has 0 atom stereocenters. The summed E-state index contributed by atoms with van der Waals surface area (Å²) < 4.78 is 0. The highest BCUT2D eigenvalue weighted by Crippen LogP contribution is 2.21. The highest BCUT2D eigenvalue weighted by Gasteiger charge is 2.36. The van der Waals surface area contributed by atoms with Gasteiger partial charge in [-0.2, -0.15) is 15.0 Å². The SMILES string of the molecule is CN(C)c1nc(CNC(=O)CN2C(=O)c3ccccc3C2=O)nc(N(C)C)n1. The topological polar surface area (TPSA) is 112 Å². The monoisotopic (exact) mass is 383 g/mol. The Morgan fingerprint density at radius 2 is 1.43 bits per heavy atom. The van der Waals surface area contributed by atoms with E-state index in [0.717, 1.165) is 4.90 Å². The van der Waals surface area contributed by atoms with Gasteiger partial charge in [0.15, 0.2) is 5.82 Å². The van der Waals surface area contributed by atoms with Crippen LogP contribution in [0.2, 0.25) is 0 Å². The van der Waals surface area contributed by atoms with E-state index >= 15 is 0 Å². The van der Waals surface area contributed by atoms with Crippen molar-refractivity contribution in [1.82, 2.24) is 25.2 Å². The lowest BCUT2D eigenvalue weighted by molar-refractivity contribution is -0.121. The Hall–Kier alpha value is -3.56. The van der Waals surface area contributed by atoms with Crippen LogP contribution in [0.5, 0.6) is 0 Å². The number of rotatable bonds is 6. The number of nitrogens with one attached hydrogen (secondary N) is 1. The number of carbonyl (C=O) groups is 3. The minimum absolute atomic E-state index is 0.0478. The number of hydrogen-bond acceptors (Lipinski definition) is 8. The van der Waals surface area contributed by atoms with E-state index in [1.54, 1.807) is 62.3 Å². The molecule has 0 saturated carbocycles. The van der Waals surface area contributed by atoms with Crippen LogP contribution in [0.25, 0.3) is 0 Å². The Bertz CT molecular complexity index is 881. The quantitative estimate of drug-likeness (QED) is 0.689. The first-order valence-electron chi connectivity index (χ1n) is 8.59. The number of benzene rings is 1. The van der Waals surface area contributed by atoms with Gasteiger partial charge in [-0.3, -0.25) is 19.3 Å². The van der Waals surface area contributed by atoms with Crippen LogP contribution in [0, 0.1) is 0 Å². The molecular formula is C18H21N7O3. The number of aromatic nitrogens is 3. The largest absolute Gasteiger partial charge is 0.347 e. The smallest absolute Gasteiger partial charge is 0.262 e. The zero-order valence-corrected chi connectivity index (χ0v) is 16.1. The number of imide groups is 1. The molecule has 146 valence electrons. The van der Waals surface area contributed by atoms with Crippen molar-refractivity contribution in [2.75, 3.05) is 44.5 Å². The molecule has 0 spiro atoms. The van der Waals surface area contributed by atoms with Gasteiger partial charge in [0.25, 0.3) is 11.8 Å². The fourth-order valence-corrected chi connectivity index (χ4v) is 2.63. The molecule has 0 radical (unpaired) electrons. The first-order chi connectivity index (χ1) is 13.3. The second-order valence-corrected chi connectivity index (χ2v) is 6.66. The summed E-state index contributed by atoms with van der Waals surface area (Å²) in [6, 6.07) is 6.51. The van der Waals surface area contributed by atoms with Crippen LogP contribution in [0.3, 0.4) is 0 Å². The molecule has 1 aliphatic heterocycles. The molecule has 0 saturated heterocycles. The van der Waals surface area contributed by atoms with Crippen LogP contribution in [0.4, 0.5) is 11.9 Å². The number of fused-ring (bicyclic) bond motifs is 1. The van der Waals surface area contributed by atoms with Crippen molar-refractivity contribution in [1.29, 1.82) is 0 Å². The second-order valence-electron chi connectivity index (χ2n) is 6.66. The molecule has 1 N–H and O–H groups in total. The van der Waals surface area contributed by atoms with Gasteiger partial charge in [-0.1, -0.05) is 12.1 Å². The van der Waals surface area contributed by atoms with Gasteiger partial charge in [0.2, 0.25) is 17.8 Å². The number of carbonyl (C=O) groups excluding carboxylic acids is 3. The van der Waals surface area contributed by atoms with E-state index in [1.165, 1.54) is 0 Å². The highest BCUT2D eigenvalue weighted by molar-refractivity contribution is 6.22.